The maximum atomic E-state index is 11.8. The van der Waals surface area contributed by atoms with Crippen LogP contribution < -0.4 is 4.74 Å². The van der Waals surface area contributed by atoms with Gasteiger partial charge < -0.3 is 9.47 Å². The molecule has 0 atom stereocenters. The summed E-state index contributed by atoms with van der Waals surface area (Å²) in [5, 5.41) is 0. The number of hydrogen-bond acceptors (Lipinski definition) is 3. The number of benzene rings is 1. The molecule has 0 N–H and O–H groups in total. The highest BCUT2D eigenvalue weighted by molar-refractivity contribution is 5.97. The van der Waals surface area contributed by atoms with Gasteiger partial charge in [0.2, 0.25) is 0 Å². The molecule has 106 valence electrons. The summed E-state index contributed by atoms with van der Waals surface area (Å²) in [5.41, 5.74) is 1.19. The molecule has 0 radical (unpaired) electrons. The predicted molar refractivity (Wildman–Crippen MR) is 63.6 cm³/mol. The van der Waals surface area contributed by atoms with Crippen molar-refractivity contribution < 1.29 is 27.4 Å². The van der Waals surface area contributed by atoms with E-state index in [1.165, 1.54) is 7.11 Å². The minimum Gasteiger partial charge on any atom is -0.497 e. The van der Waals surface area contributed by atoms with Crippen molar-refractivity contribution in [1.29, 1.82) is 0 Å². The predicted octanol–water partition coefficient (Wildman–Crippen LogP) is 3.16. The minimum absolute atomic E-state index is 0.0801. The summed E-state index contributed by atoms with van der Waals surface area (Å²) in [4.78, 5) is 11.8. The van der Waals surface area contributed by atoms with E-state index in [0.717, 1.165) is 5.56 Å². The number of ether oxygens (including phenoxy) is 2. The molecule has 0 bridgehead atoms. The van der Waals surface area contributed by atoms with E-state index in [9.17, 15) is 18.0 Å². The number of ketones is 1. The van der Waals surface area contributed by atoms with Crippen molar-refractivity contribution >= 4 is 5.78 Å². The normalized spacial score (nSPS) is 11.4. The summed E-state index contributed by atoms with van der Waals surface area (Å²) in [7, 11) is 1.52. The number of rotatable bonds is 6. The molecule has 19 heavy (non-hydrogen) atoms. The highest BCUT2D eigenvalue weighted by Crippen LogP contribution is 2.18. The number of Topliss-reactive ketones (excluding diaryl/α,β-unsaturated/α-hetero) is 1. The van der Waals surface area contributed by atoms with E-state index in [0.29, 0.717) is 11.3 Å². The second kappa shape index (κ2) is 6.56. The zero-order chi connectivity index (χ0) is 14.5. The van der Waals surface area contributed by atoms with Crippen molar-refractivity contribution in [2.45, 2.75) is 19.5 Å². The van der Waals surface area contributed by atoms with Crippen LogP contribution in [0.2, 0.25) is 0 Å². The Morgan fingerprint density at radius 3 is 2.53 bits per heavy atom. The average molecular weight is 276 g/mol. The Bertz CT molecular complexity index is 441. The van der Waals surface area contributed by atoms with Gasteiger partial charge in [-0.05, 0) is 30.7 Å². The van der Waals surface area contributed by atoms with Crippen molar-refractivity contribution in [2.24, 2.45) is 0 Å². The fraction of sp³-hybridized carbons (Fsp3) is 0.462. The summed E-state index contributed by atoms with van der Waals surface area (Å²) >= 11 is 0. The van der Waals surface area contributed by atoms with Gasteiger partial charge in [0.1, 0.15) is 12.4 Å². The molecule has 0 spiro atoms. The third-order valence-corrected chi connectivity index (χ3v) is 2.47. The third kappa shape index (κ3) is 5.30. The first-order valence-electron chi connectivity index (χ1n) is 5.66. The van der Waals surface area contributed by atoms with Gasteiger partial charge in [0.05, 0.1) is 13.7 Å². The Hall–Kier alpha value is -1.56. The Morgan fingerprint density at radius 1 is 1.32 bits per heavy atom. The van der Waals surface area contributed by atoms with Crippen LogP contribution in [0.1, 0.15) is 22.3 Å². The van der Waals surface area contributed by atoms with Gasteiger partial charge >= 0.3 is 6.18 Å². The van der Waals surface area contributed by atoms with Crippen molar-refractivity contribution in [3.63, 3.8) is 0 Å². The molecule has 0 amide bonds. The van der Waals surface area contributed by atoms with E-state index in [2.05, 4.69) is 4.74 Å². The highest BCUT2D eigenvalue weighted by atomic mass is 19.4. The largest absolute Gasteiger partial charge is 0.497 e. The Balaban J connectivity index is 2.50. The van der Waals surface area contributed by atoms with Gasteiger partial charge in [-0.15, -0.1) is 0 Å². The third-order valence-electron chi connectivity index (χ3n) is 2.47. The van der Waals surface area contributed by atoms with Crippen molar-refractivity contribution in [3.05, 3.63) is 29.3 Å². The maximum absolute atomic E-state index is 11.8. The first-order chi connectivity index (χ1) is 8.83. The second-order valence-corrected chi connectivity index (χ2v) is 4.02. The fourth-order valence-electron chi connectivity index (χ4n) is 1.56. The Labute approximate surface area is 109 Å². The molecular formula is C13H15F3O3. The van der Waals surface area contributed by atoms with Crippen molar-refractivity contribution in [1.82, 2.24) is 0 Å². The zero-order valence-corrected chi connectivity index (χ0v) is 10.7. The molecular weight excluding hydrogens is 261 g/mol. The first kappa shape index (κ1) is 15.5. The minimum atomic E-state index is -4.36. The number of methoxy groups -OCH3 is 1. The molecule has 0 unspecified atom stereocenters. The lowest BCUT2D eigenvalue weighted by molar-refractivity contribution is -0.173. The van der Waals surface area contributed by atoms with Gasteiger partial charge in [-0.1, -0.05) is 0 Å². The number of hydrogen-bond donors (Lipinski definition) is 0. The molecule has 0 fully saturated rings. The van der Waals surface area contributed by atoms with Crippen LogP contribution in [0.5, 0.6) is 5.75 Å². The van der Waals surface area contributed by atoms with Gasteiger partial charge in [-0.2, -0.15) is 13.2 Å². The molecule has 0 aliphatic heterocycles. The lowest BCUT2D eigenvalue weighted by Crippen LogP contribution is -2.18. The van der Waals surface area contributed by atoms with Crippen molar-refractivity contribution in [3.8, 4) is 5.75 Å². The summed E-state index contributed by atoms with van der Waals surface area (Å²) in [5.74, 6) is 0.379. The molecule has 6 heteroatoms. The van der Waals surface area contributed by atoms with Crippen LogP contribution in [0.15, 0.2) is 18.2 Å². The zero-order valence-electron chi connectivity index (χ0n) is 10.7. The summed E-state index contributed by atoms with van der Waals surface area (Å²) in [6, 6.07) is 4.93. The SMILES string of the molecule is COc1ccc(C(=O)CCOCC(F)(F)F)c(C)c1. The maximum Gasteiger partial charge on any atom is 0.411 e. The van der Waals surface area contributed by atoms with E-state index in [1.807, 2.05) is 0 Å². The quantitative estimate of drug-likeness (QED) is 0.591. The lowest BCUT2D eigenvalue weighted by atomic mass is 10.0. The number of halogens is 3. The molecule has 0 aromatic heterocycles. The van der Waals surface area contributed by atoms with E-state index >= 15 is 0 Å². The van der Waals surface area contributed by atoms with Crippen LogP contribution in [0.4, 0.5) is 13.2 Å². The van der Waals surface area contributed by atoms with Gasteiger partial charge in [0, 0.05) is 12.0 Å². The van der Waals surface area contributed by atoms with Crippen LogP contribution in [-0.2, 0) is 4.74 Å². The summed E-state index contributed by atoms with van der Waals surface area (Å²) in [6.07, 6.45) is -4.44. The monoisotopic (exact) mass is 276 g/mol. The molecule has 0 saturated heterocycles. The van der Waals surface area contributed by atoms with Crippen LogP contribution in [0.25, 0.3) is 0 Å². The van der Waals surface area contributed by atoms with Gasteiger partial charge in [0.25, 0.3) is 0 Å². The number of alkyl halides is 3. The smallest absolute Gasteiger partial charge is 0.411 e. The van der Waals surface area contributed by atoms with E-state index in [-0.39, 0.29) is 18.8 Å². The molecule has 1 aromatic carbocycles. The van der Waals surface area contributed by atoms with Gasteiger partial charge in [0.15, 0.2) is 5.78 Å². The molecule has 1 rings (SSSR count). The fourth-order valence-corrected chi connectivity index (χ4v) is 1.56. The molecule has 0 aliphatic rings. The summed E-state index contributed by atoms with van der Waals surface area (Å²) in [6.45, 7) is 0.165. The van der Waals surface area contributed by atoms with Crippen LogP contribution in [0.3, 0.4) is 0 Å². The molecule has 0 heterocycles. The second-order valence-electron chi connectivity index (χ2n) is 4.02. The Kier molecular flexibility index (Phi) is 5.35. The number of aryl methyl sites for hydroxylation is 1. The molecule has 0 saturated carbocycles. The summed E-state index contributed by atoms with van der Waals surface area (Å²) < 4.78 is 44.9. The van der Waals surface area contributed by atoms with Crippen molar-refractivity contribution in [2.75, 3.05) is 20.3 Å². The van der Waals surface area contributed by atoms with E-state index in [1.54, 1.807) is 25.1 Å². The van der Waals surface area contributed by atoms with E-state index in [4.69, 9.17) is 4.74 Å². The van der Waals surface area contributed by atoms with Gasteiger partial charge in [-0.3, -0.25) is 4.79 Å². The lowest BCUT2D eigenvalue weighted by Gasteiger charge is -2.09. The molecule has 0 aliphatic carbocycles. The standard InChI is InChI=1S/C13H15F3O3/c1-9-7-10(18-2)3-4-11(9)12(17)5-6-19-8-13(14,15)16/h3-4,7H,5-6,8H2,1-2H3. The topological polar surface area (TPSA) is 35.5 Å². The van der Waals surface area contributed by atoms with Crippen LogP contribution in [-0.4, -0.2) is 32.3 Å². The first-order valence-corrected chi connectivity index (χ1v) is 5.66. The molecule has 3 nitrogen and oxygen atoms in total. The number of carbonyl (C=O) groups excluding carboxylic acids is 1. The van der Waals surface area contributed by atoms with Crippen LogP contribution in [0, 0.1) is 6.92 Å². The van der Waals surface area contributed by atoms with Gasteiger partial charge in [-0.25, -0.2) is 0 Å². The number of carbonyl (C=O) groups is 1. The highest BCUT2D eigenvalue weighted by Gasteiger charge is 2.27. The van der Waals surface area contributed by atoms with E-state index < -0.39 is 12.8 Å². The Morgan fingerprint density at radius 2 is 2.00 bits per heavy atom. The van der Waals surface area contributed by atoms with Crippen LogP contribution >= 0.6 is 0 Å². The average Bonchev–Trinajstić information content (AvgIpc) is 2.33. The molecule has 1 aromatic rings.